The molecule has 1 aliphatic rings. The molecule has 6 nitrogen and oxygen atoms in total. The minimum atomic E-state index is -0.862. The van der Waals surface area contributed by atoms with Crippen molar-refractivity contribution in [2.45, 2.75) is 45.7 Å². The molecular formula is C33H35F3N4O2. The van der Waals surface area contributed by atoms with Crippen molar-refractivity contribution in [3.8, 4) is 5.69 Å². The number of hydrogen-bond acceptors (Lipinski definition) is 3. The zero-order chi connectivity index (χ0) is 30.0. The highest BCUT2D eigenvalue weighted by Gasteiger charge is 2.31. The summed E-state index contributed by atoms with van der Waals surface area (Å²) in [5.74, 6) is -2.74. The van der Waals surface area contributed by atoms with Crippen molar-refractivity contribution in [1.29, 1.82) is 0 Å². The van der Waals surface area contributed by atoms with Crippen molar-refractivity contribution in [3.05, 3.63) is 122 Å². The highest BCUT2D eigenvalue weighted by Crippen LogP contribution is 2.24. The zero-order valence-corrected chi connectivity index (χ0v) is 24.1. The number of benzene rings is 3. The van der Waals surface area contributed by atoms with Gasteiger partial charge in [-0.1, -0.05) is 35.9 Å². The molecule has 0 unspecified atom stereocenters. The van der Waals surface area contributed by atoms with Gasteiger partial charge < -0.3 is 4.90 Å². The maximum Gasteiger partial charge on any atom is 0.276 e. The number of nitrogens with zero attached hydrogens (tertiary/aromatic N) is 4. The van der Waals surface area contributed by atoms with E-state index in [1.54, 1.807) is 21.5 Å². The van der Waals surface area contributed by atoms with Crippen LogP contribution in [0.2, 0.25) is 0 Å². The molecule has 2 heterocycles. The standard InChI is InChI=1S/C33H35F3N4O2/c1-22-7-9-24(10-8-22)15-18-39(21-28-23(2)37(3)40(32(28)41)27-13-11-25(34)12-14-27)26-16-19-38(20-17-26)33(42)31-29(35)5-4-6-30(31)36/h4-14,26H,15-21H2,1-3H3. The molecule has 0 N–H and O–H groups in total. The number of halogens is 3. The highest BCUT2D eigenvalue weighted by molar-refractivity contribution is 5.94. The van der Waals surface area contributed by atoms with Crippen LogP contribution in [0.15, 0.2) is 71.5 Å². The van der Waals surface area contributed by atoms with Crippen molar-refractivity contribution in [3.63, 3.8) is 0 Å². The molecular weight excluding hydrogens is 541 g/mol. The van der Waals surface area contributed by atoms with Crippen LogP contribution in [0, 0.1) is 31.3 Å². The summed E-state index contributed by atoms with van der Waals surface area (Å²) in [7, 11) is 1.81. The lowest BCUT2D eigenvalue weighted by Crippen LogP contribution is -2.47. The minimum Gasteiger partial charge on any atom is -0.338 e. The summed E-state index contributed by atoms with van der Waals surface area (Å²) in [5.41, 5.74) is 3.72. The van der Waals surface area contributed by atoms with Crippen molar-refractivity contribution in [2.75, 3.05) is 19.6 Å². The van der Waals surface area contributed by atoms with Crippen LogP contribution < -0.4 is 5.56 Å². The van der Waals surface area contributed by atoms with Crippen molar-refractivity contribution < 1.29 is 18.0 Å². The molecule has 42 heavy (non-hydrogen) atoms. The van der Waals surface area contributed by atoms with Gasteiger partial charge in [0.15, 0.2) is 0 Å². The van der Waals surface area contributed by atoms with Crippen LogP contribution in [-0.4, -0.2) is 50.7 Å². The lowest BCUT2D eigenvalue weighted by molar-refractivity contribution is 0.0599. The van der Waals surface area contributed by atoms with Gasteiger partial charge in [0.2, 0.25) is 0 Å². The Morgan fingerprint density at radius 3 is 2.14 bits per heavy atom. The Hall–Kier alpha value is -4.11. The van der Waals surface area contributed by atoms with E-state index < -0.39 is 23.1 Å². The van der Waals surface area contributed by atoms with Gasteiger partial charge >= 0.3 is 0 Å². The first kappa shape index (κ1) is 29.4. The summed E-state index contributed by atoms with van der Waals surface area (Å²) in [6.07, 6.45) is 1.99. The lowest BCUT2D eigenvalue weighted by atomic mass is 10.00. The molecule has 1 fully saturated rings. The predicted molar refractivity (Wildman–Crippen MR) is 156 cm³/mol. The van der Waals surface area contributed by atoms with E-state index in [2.05, 4.69) is 29.2 Å². The summed E-state index contributed by atoms with van der Waals surface area (Å²) in [6.45, 7) is 5.74. The second-order valence-electron chi connectivity index (χ2n) is 11.0. The van der Waals surface area contributed by atoms with Gasteiger partial charge in [0, 0.05) is 45.0 Å². The van der Waals surface area contributed by atoms with E-state index in [0.29, 0.717) is 50.3 Å². The second-order valence-corrected chi connectivity index (χ2v) is 11.0. The molecule has 1 aromatic heterocycles. The molecule has 220 valence electrons. The summed E-state index contributed by atoms with van der Waals surface area (Å²) < 4.78 is 45.5. The van der Waals surface area contributed by atoms with E-state index in [0.717, 1.165) is 24.2 Å². The van der Waals surface area contributed by atoms with Crippen LogP contribution in [-0.2, 0) is 20.0 Å². The van der Waals surface area contributed by atoms with Gasteiger partial charge in [-0.25, -0.2) is 17.9 Å². The third kappa shape index (κ3) is 6.06. The molecule has 0 spiro atoms. The van der Waals surface area contributed by atoms with Crippen LogP contribution in [0.25, 0.3) is 5.69 Å². The van der Waals surface area contributed by atoms with Gasteiger partial charge in [0.05, 0.1) is 11.3 Å². The molecule has 4 aromatic rings. The lowest BCUT2D eigenvalue weighted by Gasteiger charge is -2.38. The number of rotatable bonds is 8. The topological polar surface area (TPSA) is 50.5 Å². The summed E-state index contributed by atoms with van der Waals surface area (Å²) in [5, 5.41) is 0. The number of amides is 1. The van der Waals surface area contributed by atoms with Crippen LogP contribution in [0.3, 0.4) is 0 Å². The number of hydrogen-bond donors (Lipinski definition) is 0. The summed E-state index contributed by atoms with van der Waals surface area (Å²) in [4.78, 5) is 30.5. The largest absolute Gasteiger partial charge is 0.338 e. The van der Waals surface area contributed by atoms with E-state index in [1.165, 1.54) is 34.2 Å². The third-order valence-corrected chi connectivity index (χ3v) is 8.36. The summed E-state index contributed by atoms with van der Waals surface area (Å²) in [6, 6.07) is 17.7. The van der Waals surface area contributed by atoms with Gasteiger partial charge in [-0.2, -0.15) is 0 Å². The first-order valence-electron chi connectivity index (χ1n) is 14.2. The molecule has 5 rings (SSSR count). The number of piperidine rings is 1. The van der Waals surface area contributed by atoms with E-state index in [1.807, 2.05) is 20.9 Å². The highest BCUT2D eigenvalue weighted by atomic mass is 19.1. The fourth-order valence-electron chi connectivity index (χ4n) is 5.73. The molecule has 0 radical (unpaired) electrons. The van der Waals surface area contributed by atoms with Crippen LogP contribution >= 0.6 is 0 Å². The van der Waals surface area contributed by atoms with Crippen molar-refractivity contribution in [1.82, 2.24) is 19.2 Å². The van der Waals surface area contributed by atoms with Gasteiger partial charge in [-0.15, -0.1) is 0 Å². The Morgan fingerprint density at radius 2 is 1.52 bits per heavy atom. The smallest absolute Gasteiger partial charge is 0.276 e. The van der Waals surface area contributed by atoms with Crippen LogP contribution in [0.4, 0.5) is 13.2 Å². The Labute approximate surface area is 243 Å². The molecule has 0 aliphatic carbocycles. The van der Waals surface area contributed by atoms with Gasteiger partial charge in [0.25, 0.3) is 11.5 Å². The van der Waals surface area contributed by atoms with Crippen LogP contribution in [0.1, 0.15) is 45.6 Å². The number of aryl methyl sites for hydroxylation is 1. The Bertz CT molecular complexity index is 1600. The normalized spacial score (nSPS) is 14.1. The van der Waals surface area contributed by atoms with Crippen LogP contribution in [0.5, 0.6) is 0 Å². The zero-order valence-electron chi connectivity index (χ0n) is 24.1. The minimum absolute atomic E-state index is 0.0586. The molecule has 1 saturated heterocycles. The number of carbonyl (C=O) groups excluding carboxylic acids is 1. The van der Waals surface area contributed by atoms with Gasteiger partial charge in [0.1, 0.15) is 23.0 Å². The Morgan fingerprint density at radius 1 is 0.905 bits per heavy atom. The molecule has 9 heteroatoms. The van der Waals surface area contributed by atoms with E-state index in [4.69, 9.17) is 0 Å². The fraction of sp³-hybridized carbons (Fsp3) is 0.333. The molecule has 0 bridgehead atoms. The Kier molecular flexibility index (Phi) is 8.68. The maximum atomic E-state index is 14.3. The van der Waals surface area contributed by atoms with E-state index >= 15 is 0 Å². The third-order valence-electron chi connectivity index (χ3n) is 8.36. The molecule has 0 saturated carbocycles. The molecule has 1 aliphatic heterocycles. The predicted octanol–water partition coefficient (Wildman–Crippen LogP) is 5.56. The SMILES string of the molecule is Cc1ccc(CCN(Cc2c(C)n(C)n(-c3ccc(F)cc3)c2=O)C2CCN(C(=O)c3c(F)cccc3F)CC2)cc1. The monoisotopic (exact) mass is 576 g/mol. The molecule has 0 atom stereocenters. The number of likely N-dealkylation sites (tertiary alicyclic amines) is 1. The maximum absolute atomic E-state index is 14.3. The average molecular weight is 577 g/mol. The van der Waals surface area contributed by atoms with Crippen molar-refractivity contribution >= 4 is 5.91 Å². The summed E-state index contributed by atoms with van der Waals surface area (Å²) >= 11 is 0. The first-order valence-corrected chi connectivity index (χ1v) is 14.2. The number of carbonyl (C=O) groups is 1. The fourth-order valence-corrected chi connectivity index (χ4v) is 5.73. The van der Waals surface area contributed by atoms with E-state index in [-0.39, 0.29) is 17.4 Å². The molecule has 3 aromatic carbocycles. The Balaban J connectivity index is 1.38. The molecule has 1 amide bonds. The number of aromatic nitrogens is 2. The second kappa shape index (κ2) is 12.4. The average Bonchev–Trinajstić information content (AvgIpc) is 3.19. The van der Waals surface area contributed by atoms with Gasteiger partial charge in [-0.3, -0.25) is 19.2 Å². The first-order chi connectivity index (χ1) is 20.1. The quantitative estimate of drug-likeness (QED) is 0.276. The van der Waals surface area contributed by atoms with Crippen molar-refractivity contribution in [2.24, 2.45) is 7.05 Å². The van der Waals surface area contributed by atoms with E-state index in [9.17, 15) is 22.8 Å². The van der Waals surface area contributed by atoms with Gasteiger partial charge in [-0.05, 0) is 75.1 Å².